The Balaban J connectivity index is 2.62. The molecule has 1 heterocycles. The lowest BCUT2D eigenvalue weighted by Crippen LogP contribution is -2.53. The fourth-order valence-corrected chi connectivity index (χ4v) is 1.93. The fourth-order valence-electron chi connectivity index (χ4n) is 1.10. The van der Waals surface area contributed by atoms with Crippen LogP contribution in [0.3, 0.4) is 0 Å². The summed E-state index contributed by atoms with van der Waals surface area (Å²) in [5.41, 5.74) is -0.756. The van der Waals surface area contributed by atoms with Crippen LogP contribution >= 0.6 is 0 Å². The number of nitrogens with two attached hydrogens (primary N) is 1. The molecule has 5 nitrogen and oxygen atoms in total. The number of hydrogen-bond acceptors (Lipinski definition) is 4. The standard InChI is InChI=1S/C6H11NO4S/c1-10-5(8)6(2-11-3-6)4-12(7)9/h2-4,7H2,1H3. The van der Waals surface area contributed by atoms with Gasteiger partial charge in [-0.2, -0.15) is 0 Å². The third-order valence-corrected chi connectivity index (χ3v) is 2.63. The molecule has 1 unspecified atom stereocenters. The van der Waals surface area contributed by atoms with Gasteiger partial charge in [0.05, 0.1) is 37.1 Å². The van der Waals surface area contributed by atoms with E-state index in [9.17, 15) is 9.00 Å². The van der Waals surface area contributed by atoms with E-state index in [2.05, 4.69) is 4.74 Å². The van der Waals surface area contributed by atoms with Crippen molar-refractivity contribution >= 4 is 17.0 Å². The SMILES string of the molecule is COC(=O)C1(CS(N)=O)COC1. The van der Waals surface area contributed by atoms with Crippen LogP contribution in [0.25, 0.3) is 0 Å². The van der Waals surface area contributed by atoms with Crippen molar-refractivity contribution in [2.75, 3.05) is 26.1 Å². The number of carbonyl (C=O) groups excluding carboxylic acids is 1. The Kier molecular flexibility index (Phi) is 2.81. The third kappa shape index (κ3) is 1.65. The zero-order valence-electron chi connectivity index (χ0n) is 6.74. The number of methoxy groups -OCH3 is 1. The van der Waals surface area contributed by atoms with Crippen LogP contribution in [0, 0.1) is 5.41 Å². The molecule has 0 spiro atoms. The van der Waals surface area contributed by atoms with E-state index in [1.54, 1.807) is 0 Å². The van der Waals surface area contributed by atoms with Crippen LogP contribution in [-0.4, -0.2) is 36.3 Å². The monoisotopic (exact) mass is 193 g/mol. The van der Waals surface area contributed by atoms with E-state index in [-0.39, 0.29) is 19.0 Å². The fraction of sp³-hybridized carbons (Fsp3) is 0.833. The zero-order chi connectivity index (χ0) is 9.19. The predicted molar refractivity (Wildman–Crippen MR) is 42.5 cm³/mol. The highest BCUT2D eigenvalue weighted by Gasteiger charge is 2.48. The van der Waals surface area contributed by atoms with Crippen molar-refractivity contribution in [2.24, 2.45) is 10.6 Å². The van der Waals surface area contributed by atoms with Crippen LogP contribution in [0.2, 0.25) is 0 Å². The normalized spacial score (nSPS) is 22.5. The first kappa shape index (κ1) is 9.63. The summed E-state index contributed by atoms with van der Waals surface area (Å²) in [6.07, 6.45) is 0. The summed E-state index contributed by atoms with van der Waals surface area (Å²) < 4.78 is 20.1. The second-order valence-electron chi connectivity index (χ2n) is 2.79. The van der Waals surface area contributed by atoms with Crippen LogP contribution in [0.1, 0.15) is 0 Å². The zero-order valence-corrected chi connectivity index (χ0v) is 7.56. The molecule has 1 atom stereocenters. The molecule has 0 aliphatic carbocycles. The molecule has 12 heavy (non-hydrogen) atoms. The summed E-state index contributed by atoms with van der Waals surface area (Å²) >= 11 is 0. The maximum Gasteiger partial charge on any atom is 0.317 e. The summed E-state index contributed by atoms with van der Waals surface area (Å²) in [5, 5.41) is 5.09. The summed E-state index contributed by atoms with van der Waals surface area (Å²) in [5.74, 6) is -0.285. The van der Waals surface area contributed by atoms with Crippen molar-refractivity contribution in [3.63, 3.8) is 0 Å². The number of esters is 1. The predicted octanol–water partition coefficient (Wildman–Crippen LogP) is -1.20. The lowest BCUT2D eigenvalue weighted by Gasteiger charge is -2.37. The summed E-state index contributed by atoms with van der Waals surface area (Å²) in [4.78, 5) is 11.2. The van der Waals surface area contributed by atoms with Gasteiger partial charge in [-0.15, -0.1) is 0 Å². The van der Waals surface area contributed by atoms with Crippen molar-refractivity contribution in [3.05, 3.63) is 0 Å². The molecular formula is C6H11NO4S. The minimum Gasteiger partial charge on any atom is -0.468 e. The molecule has 0 aromatic heterocycles. The van der Waals surface area contributed by atoms with Gasteiger partial charge >= 0.3 is 5.97 Å². The summed E-state index contributed by atoms with van der Waals surface area (Å²) in [6.45, 7) is 0.505. The van der Waals surface area contributed by atoms with E-state index >= 15 is 0 Å². The van der Waals surface area contributed by atoms with E-state index in [4.69, 9.17) is 9.88 Å². The Labute approximate surface area is 72.8 Å². The Morgan fingerprint density at radius 1 is 1.75 bits per heavy atom. The van der Waals surface area contributed by atoms with Gasteiger partial charge < -0.3 is 9.47 Å². The van der Waals surface area contributed by atoms with Gasteiger partial charge in [-0.3, -0.25) is 9.93 Å². The topological polar surface area (TPSA) is 78.6 Å². The number of rotatable bonds is 3. The first-order valence-electron chi connectivity index (χ1n) is 3.40. The molecule has 1 aliphatic heterocycles. The van der Waals surface area contributed by atoms with E-state index in [0.717, 1.165) is 0 Å². The van der Waals surface area contributed by atoms with Gasteiger partial charge in [-0.25, -0.2) is 4.21 Å². The number of carbonyl (C=O) groups is 1. The molecule has 1 rings (SSSR count). The molecule has 0 saturated carbocycles. The van der Waals surface area contributed by atoms with E-state index in [1.165, 1.54) is 7.11 Å². The van der Waals surface area contributed by atoms with Crippen molar-refractivity contribution in [1.29, 1.82) is 0 Å². The average molecular weight is 193 g/mol. The van der Waals surface area contributed by atoms with Crippen molar-refractivity contribution in [2.45, 2.75) is 0 Å². The molecule has 0 aromatic rings. The smallest absolute Gasteiger partial charge is 0.317 e. The van der Waals surface area contributed by atoms with Gasteiger partial charge in [0.1, 0.15) is 5.41 Å². The van der Waals surface area contributed by atoms with Crippen LogP contribution in [0.5, 0.6) is 0 Å². The Bertz CT molecular complexity index is 214. The van der Waals surface area contributed by atoms with Crippen LogP contribution in [-0.2, 0) is 25.3 Å². The van der Waals surface area contributed by atoms with Crippen molar-refractivity contribution in [1.82, 2.24) is 0 Å². The molecule has 0 radical (unpaired) electrons. The molecule has 1 fully saturated rings. The number of hydrogen-bond donors (Lipinski definition) is 1. The first-order valence-corrected chi connectivity index (χ1v) is 4.78. The number of ether oxygens (including phenoxy) is 2. The highest BCUT2D eigenvalue weighted by Crippen LogP contribution is 2.29. The summed E-state index contributed by atoms with van der Waals surface area (Å²) in [6, 6.07) is 0. The van der Waals surface area contributed by atoms with Gasteiger partial charge in [-0.1, -0.05) is 0 Å². The lowest BCUT2D eigenvalue weighted by atomic mass is 9.89. The largest absolute Gasteiger partial charge is 0.468 e. The molecule has 0 amide bonds. The van der Waals surface area contributed by atoms with E-state index in [1.807, 2.05) is 0 Å². The van der Waals surface area contributed by atoms with Crippen LogP contribution < -0.4 is 5.14 Å². The van der Waals surface area contributed by atoms with E-state index < -0.39 is 22.4 Å². The average Bonchev–Trinajstić information content (AvgIpc) is 1.95. The molecule has 6 heteroatoms. The summed E-state index contributed by atoms with van der Waals surface area (Å²) in [7, 11) is -0.193. The van der Waals surface area contributed by atoms with Crippen LogP contribution in [0.4, 0.5) is 0 Å². The van der Waals surface area contributed by atoms with Gasteiger partial charge in [0.15, 0.2) is 0 Å². The Hall–Kier alpha value is -0.460. The van der Waals surface area contributed by atoms with Gasteiger partial charge in [0.25, 0.3) is 0 Å². The van der Waals surface area contributed by atoms with Gasteiger partial charge in [0, 0.05) is 0 Å². The highest BCUT2D eigenvalue weighted by molar-refractivity contribution is 7.82. The van der Waals surface area contributed by atoms with Gasteiger partial charge in [-0.05, 0) is 0 Å². The molecular weight excluding hydrogens is 182 g/mol. The lowest BCUT2D eigenvalue weighted by molar-refractivity contribution is -0.178. The second-order valence-corrected chi connectivity index (χ2v) is 3.84. The molecule has 1 saturated heterocycles. The molecule has 0 bridgehead atoms. The second kappa shape index (κ2) is 3.51. The maximum absolute atomic E-state index is 11.2. The molecule has 2 N–H and O–H groups in total. The van der Waals surface area contributed by atoms with E-state index in [0.29, 0.717) is 0 Å². The molecule has 1 aliphatic rings. The van der Waals surface area contributed by atoms with Crippen molar-refractivity contribution < 1.29 is 18.5 Å². The third-order valence-electron chi connectivity index (χ3n) is 1.79. The Morgan fingerprint density at radius 2 is 2.33 bits per heavy atom. The Morgan fingerprint density at radius 3 is 2.58 bits per heavy atom. The first-order chi connectivity index (χ1) is 5.60. The van der Waals surface area contributed by atoms with Crippen molar-refractivity contribution in [3.8, 4) is 0 Å². The minimum absolute atomic E-state index is 0.111. The van der Waals surface area contributed by atoms with Gasteiger partial charge in [0.2, 0.25) is 0 Å². The van der Waals surface area contributed by atoms with Crippen LogP contribution in [0.15, 0.2) is 0 Å². The quantitative estimate of drug-likeness (QED) is 0.571. The highest BCUT2D eigenvalue weighted by atomic mass is 32.2. The molecule has 70 valence electrons. The molecule has 0 aromatic carbocycles. The maximum atomic E-state index is 11.2. The minimum atomic E-state index is -1.49.